The van der Waals surface area contributed by atoms with Gasteiger partial charge in [-0.2, -0.15) is 4.98 Å². The number of nitro benzene ring substituents is 1. The molecule has 6 heteroatoms. The second-order valence-electron chi connectivity index (χ2n) is 6.52. The van der Waals surface area contributed by atoms with E-state index in [4.69, 9.17) is 0 Å². The molecule has 1 unspecified atom stereocenters. The van der Waals surface area contributed by atoms with Crippen LogP contribution in [-0.4, -0.2) is 14.5 Å². The van der Waals surface area contributed by atoms with Gasteiger partial charge in [0.15, 0.2) is 0 Å². The van der Waals surface area contributed by atoms with E-state index in [1.54, 1.807) is 10.6 Å². The van der Waals surface area contributed by atoms with Crippen molar-refractivity contribution in [2.24, 2.45) is 5.92 Å². The highest BCUT2D eigenvalue weighted by Gasteiger charge is 2.31. The van der Waals surface area contributed by atoms with Crippen molar-refractivity contribution in [1.29, 1.82) is 0 Å². The molecular weight excluding hydrogens is 318 g/mol. The monoisotopic (exact) mass is 335 g/mol. The molecule has 0 bridgehead atoms. The van der Waals surface area contributed by atoms with E-state index in [1.807, 2.05) is 37.3 Å². The van der Waals surface area contributed by atoms with Crippen LogP contribution in [0.15, 0.2) is 53.3 Å². The summed E-state index contributed by atoms with van der Waals surface area (Å²) in [5.41, 5.74) is 1.65. The molecule has 1 aromatic heterocycles. The fourth-order valence-corrected chi connectivity index (χ4v) is 3.35. The Bertz CT molecular complexity index is 1020. The highest BCUT2D eigenvalue weighted by atomic mass is 16.6. The van der Waals surface area contributed by atoms with Gasteiger partial charge in [-0.15, -0.1) is 0 Å². The summed E-state index contributed by atoms with van der Waals surface area (Å²) < 4.78 is 1.68. The number of hydrogen-bond acceptors (Lipinski definition) is 4. The van der Waals surface area contributed by atoms with Gasteiger partial charge in [0.2, 0.25) is 0 Å². The minimum absolute atomic E-state index is 0.00393. The van der Waals surface area contributed by atoms with Gasteiger partial charge < -0.3 is 0 Å². The molecule has 3 aromatic rings. The van der Waals surface area contributed by atoms with Crippen molar-refractivity contribution < 1.29 is 4.92 Å². The molecule has 25 heavy (non-hydrogen) atoms. The molecule has 1 aliphatic carbocycles. The predicted molar refractivity (Wildman–Crippen MR) is 95.5 cm³/mol. The van der Waals surface area contributed by atoms with Gasteiger partial charge in [0, 0.05) is 29.1 Å². The van der Waals surface area contributed by atoms with Gasteiger partial charge in [-0.3, -0.25) is 14.7 Å². The van der Waals surface area contributed by atoms with E-state index in [0.717, 1.165) is 18.4 Å². The van der Waals surface area contributed by atoms with Crippen molar-refractivity contribution in [3.63, 3.8) is 0 Å². The molecule has 0 aliphatic heterocycles. The van der Waals surface area contributed by atoms with Gasteiger partial charge in [-0.25, -0.2) is 4.79 Å². The second kappa shape index (κ2) is 5.81. The molecule has 1 aliphatic rings. The normalized spacial score (nSPS) is 15.2. The Balaban J connectivity index is 2.05. The van der Waals surface area contributed by atoms with Crippen LogP contribution in [0.5, 0.6) is 0 Å². The third-order valence-electron chi connectivity index (χ3n) is 4.88. The third kappa shape index (κ3) is 2.69. The lowest BCUT2D eigenvalue weighted by Crippen LogP contribution is -2.27. The maximum absolute atomic E-state index is 12.7. The van der Waals surface area contributed by atoms with E-state index in [2.05, 4.69) is 4.98 Å². The molecule has 0 radical (unpaired) electrons. The summed E-state index contributed by atoms with van der Waals surface area (Å²) in [7, 11) is 0. The van der Waals surface area contributed by atoms with Gasteiger partial charge in [-0.05, 0) is 31.7 Å². The Morgan fingerprint density at radius 3 is 2.56 bits per heavy atom. The molecule has 1 atom stereocenters. The lowest BCUT2D eigenvalue weighted by atomic mass is 10.0. The molecule has 0 spiro atoms. The fourth-order valence-electron chi connectivity index (χ4n) is 3.35. The maximum Gasteiger partial charge on any atom is 0.348 e. The molecule has 4 rings (SSSR count). The summed E-state index contributed by atoms with van der Waals surface area (Å²) in [4.78, 5) is 27.8. The van der Waals surface area contributed by atoms with Crippen molar-refractivity contribution in [2.75, 3.05) is 0 Å². The Kier molecular flexibility index (Phi) is 3.60. The average molecular weight is 335 g/mol. The largest absolute Gasteiger partial charge is 0.348 e. The quantitative estimate of drug-likeness (QED) is 0.534. The molecule has 126 valence electrons. The molecular formula is C19H17N3O3. The first-order valence-electron chi connectivity index (χ1n) is 8.32. The first-order chi connectivity index (χ1) is 12.1. The van der Waals surface area contributed by atoms with Crippen molar-refractivity contribution in [3.8, 4) is 11.3 Å². The van der Waals surface area contributed by atoms with Crippen molar-refractivity contribution in [1.82, 2.24) is 9.55 Å². The van der Waals surface area contributed by atoms with Crippen LogP contribution in [0.2, 0.25) is 0 Å². The summed E-state index contributed by atoms with van der Waals surface area (Å²) in [5.74, 6) is 0.473. The summed E-state index contributed by atoms with van der Waals surface area (Å²) in [6.45, 7) is 2.02. The first kappa shape index (κ1) is 15.5. The van der Waals surface area contributed by atoms with Crippen LogP contribution in [-0.2, 0) is 0 Å². The average Bonchev–Trinajstić information content (AvgIpc) is 3.46. The van der Waals surface area contributed by atoms with E-state index in [1.165, 1.54) is 12.1 Å². The molecule has 6 nitrogen and oxygen atoms in total. The number of non-ortho nitro benzene ring substituents is 1. The second-order valence-corrected chi connectivity index (χ2v) is 6.52. The van der Waals surface area contributed by atoms with E-state index in [-0.39, 0.29) is 17.4 Å². The highest BCUT2D eigenvalue weighted by Crippen LogP contribution is 2.40. The van der Waals surface area contributed by atoms with E-state index < -0.39 is 4.92 Å². The Morgan fingerprint density at radius 2 is 1.92 bits per heavy atom. The van der Waals surface area contributed by atoms with Gasteiger partial charge in [-0.1, -0.05) is 30.3 Å². The third-order valence-corrected chi connectivity index (χ3v) is 4.88. The Hall–Kier alpha value is -3.02. The number of nitrogens with zero attached hydrogens (tertiary/aromatic N) is 3. The molecule has 1 fully saturated rings. The van der Waals surface area contributed by atoms with Crippen LogP contribution >= 0.6 is 0 Å². The SMILES string of the molecule is CC(C1CC1)n1c(=O)nc(-c2ccccc2)c2cc([N+](=O)[O-])ccc21. The van der Waals surface area contributed by atoms with Gasteiger partial charge in [0.05, 0.1) is 16.1 Å². The van der Waals surface area contributed by atoms with E-state index in [0.29, 0.717) is 22.5 Å². The Morgan fingerprint density at radius 1 is 1.20 bits per heavy atom. The number of aromatic nitrogens is 2. The first-order valence-corrected chi connectivity index (χ1v) is 8.32. The van der Waals surface area contributed by atoms with Gasteiger partial charge >= 0.3 is 5.69 Å². The van der Waals surface area contributed by atoms with Crippen LogP contribution in [0.25, 0.3) is 22.2 Å². The summed E-state index contributed by atoms with van der Waals surface area (Å²) in [6.07, 6.45) is 2.20. The zero-order valence-electron chi connectivity index (χ0n) is 13.8. The van der Waals surface area contributed by atoms with Crippen LogP contribution in [0, 0.1) is 16.0 Å². The van der Waals surface area contributed by atoms with Crippen molar-refractivity contribution in [3.05, 3.63) is 69.1 Å². The molecule has 1 saturated carbocycles. The fraction of sp³-hybridized carbons (Fsp3) is 0.263. The summed E-state index contributed by atoms with van der Waals surface area (Å²) in [5, 5.41) is 11.8. The minimum Gasteiger partial charge on any atom is -0.289 e. The standard InChI is InChI=1S/C19H17N3O3/c1-12(13-7-8-13)21-17-10-9-15(22(24)25)11-16(17)18(20-19(21)23)14-5-3-2-4-6-14/h2-6,9-13H,7-8H2,1H3. The van der Waals surface area contributed by atoms with Gasteiger partial charge in [0.1, 0.15) is 0 Å². The number of hydrogen-bond donors (Lipinski definition) is 0. The summed E-state index contributed by atoms with van der Waals surface area (Å²) >= 11 is 0. The number of fused-ring (bicyclic) bond motifs is 1. The highest BCUT2D eigenvalue weighted by molar-refractivity contribution is 5.93. The van der Waals surface area contributed by atoms with E-state index in [9.17, 15) is 14.9 Å². The summed E-state index contributed by atoms with van der Waals surface area (Å²) in [6, 6.07) is 14.0. The lowest BCUT2D eigenvalue weighted by molar-refractivity contribution is -0.384. The van der Waals surface area contributed by atoms with Crippen molar-refractivity contribution >= 4 is 16.6 Å². The number of nitro groups is 1. The maximum atomic E-state index is 12.7. The molecule has 0 saturated heterocycles. The van der Waals surface area contributed by atoms with Gasteiger partial charge in [0.25, 0.3) is 5.69 Å². The van der Waals surface area contributed by atoms with Crippen LogP contribution in [0.3, 0.4) is 0 Å². The van der Waals surface area contributed by atoms with Crippen LogP contribution in [0.1, 0.15) is 25.8 Å². The Labute approximate surface area is 143 Å². The minimum atomic E-state index is -0.423. The smallest absolute Gasteiger partial charge is 0.289 e. The number of rotatable bonds is 4. The van der Waals surface area contributed by atoms with Crippen LogP contribution in [0.4, 0.5) is 5.69 Å². The zero-order valence-corrected chi connectivity index (χ0v) is 13.8. The zero-order chi connectivity index (χ0) is 17.6. The van der Waals surface area contributed by atoms with E-state index >= 15 is 0 Å². The number of benzene rings is 2. The molecule has 0 N–H and O–H groups in total. The molecule has 2 aromatic carbocycles. The lowest BCUT2D eigenvalue weighted by Gasteiger charge is -2.18. The van der Waals surface area contributed by atoms with Crippen molar-refractivity contribution in [2.45, 2.75) is 25.8 Å². The molecule has 1 heterocycles. The topological polar surface area (TPSA) is 78.0 Å². The predicted octanol–water partition coefficient (Wildman–Crippen LogP) is 3.94. The molecule has 0 amide bonds. The van der Waals surface area contributed by atoms with Crippen LogP contribution < -0.4 is 5.69 Å².